The quantitative estimate of drug-likeness (QED) is 0.373. The molecule has 4 rings (SSSR count). The number of rotatable bonds is 9. The fourth-order valence-corrected chi connectivity index (χ4v) is 5.51. The van der Waals surface area contributed by atoms with E-state index in [2.05, 4.69) is 10.1 Å². The molecule has 0 radical (unpaired) electrons. The van der Waals surface area contributed by atoms with Crippen molar-refractivity contribution in [2.75, 3.05) is 26.1 Å². The minimum Gasteiger partial charge on any atom is -0.493 e. The summed E-state index contributed by atoms with van der Waals surface area (Å²) in [5.74, 6) is 0.747. The Hall–Kier alpha value is -3.64. The molecule has 194 valence electrons. The van der Waals surface area contributed by atoms with Crippen molar-refractivity contribution in [1.29, 1.82) is 5.41 Å². The van der Waals surface area contributed by atoms with Crippen LogP contribution in [0.2, 0.25) is 0 Å². The molecule has 12 heteroatoms. The van der Waals surface area contributed by atoms with Gasteiger partial charge in [0, 0.05) is 6.42 Å². The summed E-state index contributed by atoms with van der Waals surface area (Å²) in [6, 6.07) is 13.0. The summed E-state index contributed by atoms with van der Waals surface area (Å²) >= 11 is 0.764. The van der Waals surface area contributed by atoms with Crippen LogP contribution in [0.1, 0.15) is 24.5 Å². The number of thioether (sulfide) groups is 1. The summed E-state index contributed by atoms with van der Waals surface area (Å²) < 4.78 is 41.1. The van der Waals surface area contributed by atoms with Gasteiger partial charge in [0.2, 0.25) is 19.4 Å². The lowest BCUT2D eigenvalue weighted by atomic mass is 10.1. The predicted octanol–water partition coefficient (Wildman–Crippen LogP) is 3.86. The van der Waals surface area contributed by atoms with Crippen LogP contribution in [0, 0.1) is 12.3 Å². The molecule has 0 fully saturated rings. The van der Waals surface area contributed by atoms with E-state index in [9.17, 15) is 13.2 Å². The van der Waals surface area contributed by atoms with Crippen molar-refractivity contribution in [3.05, 3.63) is 59.2 Å². The van der Waals surface area contributed by atoms with Gasteiger partial charge in [-0.15, -0.1) is 5.10 Å². The van der Waals surface area contributed by atoms with Crippen LogP contribution in [-0.4, -0.2) is 60.8 Å². The van der Waals surface area contributed by atoms with Crippen molar-refractivity contribution in [2.24, 2.45) is 10.1 Å². The molecule has 0 aliphatic carbocycles. The molecule has 2 aromatic carbocycles. The second-order valence-corrected chi connectivity index (χ2v) is 11.5. The number of carbonyl (C=O) groups is 1. The molecule has 2 aromatic rings. The summed E-state index contributed by atoms with van der Waals surface area (Å²) in [4.78, 5) is 16.5. The minimum absolute atomic E-state index is 0.0211. The molecule has 0 aromatic heterocycles. The van der Waals surface area contributed by atoms with Gasteiger partial charge in [0.15, 0.2) is 17.3 Å². The number of amides is 1. The van der Waals surface area contributed by atoms with Crippen LogP contribution < -0.4 is 14.2 Å². The number of nitrogens with one attached hydrogen (secondary N) is 1. The summed E-state index contributed by atoms with van der Waals surface area (Å²) in [5, 5.41) is 13.5. The molecule has 2 aliphatic heterocycles. The van der Waals surface area contributed by atoms with E-state index in [4.69, 9.17) is 19.6 Å². The van der Waals surface area contributed by atoms with Gasteiger partial charge in [-0.05, 0) is 54.6 Å². The summed E-state index contributed by atoms with van der Waals surface area (Å²) in [6.07, 6.45) is 2.15. The maximum Gasteiger partial charge on any atom is 0.283 e. The maximum atomic E-state index is 12.6. The normalized spacial score (nSPS) is 16.4. The Morgan fingerprint density at radius 3 is 2.51 bits per heavy atom. The summed E-state index contributed by atoms with van der Waals surface area (Å²) in [7, 11) is -2.08. The zero-order chi connectivity index (χ0) is 26.6. The molecular weight excluding hydrogens is 516 g/mol. The Kier molecular flexibility index (Phi) is 7.98. The lowest BCUT2D eigenvalue weighted by Crippen LogP contribution is -2.35. The topological polar surface area (TPSA) is 131 Å². The van der Waals surface area contributed by atoms with Crippen molar-refractivity contribution in [1.82, 2.24) is 5.01 Å². The third kappa shape index (κ3) is 6.03. The Labute approximate surface area is 219 Å². The number of fused-ring (bicyclic) bond motifs is 1. The van der Waals surface area contributed by atoms with Crippen LogP contribution in [-0.2, 0) is 14.6 Å². The van der Waals surface area contributed by atoms with E-state index in [1.807, 2.05) is 31.2 Å². The number of aryl methyl sites for hydroxylation is 1. The Morgan fingerprint density at radius 2 is 1.81 bits per heavy atom. The number of nitrogens with zero attached hydrogens (tertiary/aromatic N) is 3. The second-order valence-electron chi connectivity index (χ2n) is 8.06. The first-order valence-corrected chi connectivity index (χ1v) is 13.9. The first-order chi connectivity index (χ1) is 17.7. The minimum atomic E-state index is -3.59. The fourth-order valence-electron chi connectivity index (χ4n) is 3.35. The van der Waals surface area contributed by atoms with Gasteiger partial charge in [-0.25, -0.2) is 8.42 Å². The highest BCUT2D eigenvalue weighted by Crippen LogP contribution is 2.32. The highest BCUT2D eigenvalue weighted by atomic mass is 32.3. The molecule has 10 nitrogen and oxygen atoms in total. The Morgan fingerprint density at radius 1 is 1.08 bits per heavy atom. The highest BCUT2D eigenvalue weighted by molar-refractivity contribution is 8.42. The molecule has 2 aliphatic rings. The van der Waals surface area contributed by atoms with Crippen LogP contribution in [0.5, 0.6) is 17.2 Å². The van der Waals surface area contributed by atoms with Gasteiger partial charge in [0.1, 0.15) is 5.75 Å². The van der Waals surface area contributed by atoms with E-state index in [0.717, 1.165) is 22.5 Å². The smallest absolute Gasteiger partial charge is 0.283 e. The van der Waals surface area contributed by atoms with E-state index in [1.165, 1.54) is 25.7 Å². The second kappa shape index (κ2) is 11.2. The first kappa shape index (κ1) is 26.4. The number of methoxy groups -OCH3 is 1. The van der Waals surface area contributed by atoms with Crippen molar-refractivity contribution in [3.8, 4) is 17.2 Å². The van der Waals surface area contributed by atoms with E-state index in [0.29, 0.717) is 36.7 Å². The molecule has 0 saturated heterocycles. The molecule has 1 N–H and O–H groups in total. The van der Waals surface area contributed by atoms with Crippen LogP contribution >= 0.6 is 11.8 Å². The lowest BCUT2D eigenvalue weighted by molar-refractivity contribution is -0.114. The van der Waals surface area contributed by atoms with E-state index < -0.39 is 15.7 Å². The number of amidine groups is 2. The summed E-state index contributed by atoms with van der Waals surface area (Å²) in [5.41, 5.74) is 1.73. The van der Waals surface area contributed by atoms with Crippen LogP contribution in [0.3, 0.4) is 0 Å². The van der Waals surface area contributed by atoms with E-state index >= 15 is 0 Å². The number of hydrogen-bond donors (Lipinski definition) is 1. The van der Waals surface area contributed by atoms with Crippen molar-refractivity contribution < 1.29 is 27.4 Å². The van der Waals surface area contributed by atoms with Gasteiger partial charge in [0.25, 0.3) is 5.91 Å². The Bertz CT molecular complexity index is 1420. The molecule has 0 spiro atoms. The SMILES string of the molecule is CCS(=O)(=O)C1=NN2C(=N)/C(=C/c3ccc(OCCCOc4ccc(C)cc4)c(OC)c3)C(=O)N=C2S1. The number of benzene rings is 2. The largest absolute Gasteiger partial charge is 0.493 e. The fraction of sp³-hybridized carbons (Fsp3) is 0.280. The van der Waals surface area contributed by atoms with Gasteiger partial charge >= 0.3 is 0 Å². The van der Waals surface area contributed by atoms with Gasteiger partial charge in [-0.1, -0.05) is 30.7 Å². The number of carbonyl (C=O) groups excluding carboxylic acids is 1. The zero-order valence-corrected chi connectivity index (χ0v) is 22.2. The standard InChI is InChI=1S/C25H26N4O6S2/c1-4-37(31,32)25-28-29-22(26)19(23(30)27-24(29)36-25)14-17-8-11-20(21(15-17)33-3)35-13-5-12-34-18-9-6-16(2)7-10-18/h6-11,14-15,26H,4-5,12-13H2,1-3H3/b19-14-,26-22?. The van der Waals surface area contributed by atoms with Crippen molar-refractivity contribution >= 4 is 49.0 Å². The number of hydrazone groups is 1. The molecule has 0 unspecified atom stereocenters. The third-order valence-corrected chi connectivity index (χ3v) is 8.51. The van der Waals surface area contributed by atoms with Crippen LogP contribution in [0.25, 0.3) is 6.08 Å². The van der Waals surface area contributed by atoms with Crippen LogP contribution in [0.15, 0.2) is 58.1 Å². The predicted molar refractivity (Wildman–Crippen MR) is 144 cm³/mol. The molecule has 0 atom stereocenters. The molecule has 0 bridgehead atoms. The Balaban J connectivity index is 1.42. The highest BCUT2D eigenvalue weighted by Gasteiger charge is 2.39. The molecular formula is C25H26N4O6S2. The molecule has 2 heterocycles. The lowest BCUT2D eigenvalue weighted by Gasteiger charge is -2.20. The average Bonchev–Trinajstić information content (AvgIpc) is 3.33. The molecule has 0 saturated carbocycles. The average molecular weight is 543 g/mol. The van der Waals surface area contributed by atoms with Gasteiger partial charge < -0.3 is 14.2 Å². The third-order valence-electron chi connectivity index (χ3n) is 5.42. The van der Waals surface area contributed by atoms with Crippen molar-refractivity contribution in [2.45, 2.75) is 20.3 Å². The van der Waals surface area contributed by atoms with Crippen molar-refractivity contribution in [3.63, 3.8) is 0 Å². The number of aliphatic imine (C=N–C) groups is 1. The summed E-state index contributed by atoms with van der Waals surface area (Å²) in [6.45, 7) is 4.43. The number of sulfone groups is 1. The van der Waals surface area contributed by atoms with Gasteiger partial charge in [-0.2, -0.15) is 10.0 Å². The van der Waals surface area contributed by atoms with Gasteiger partial charge in [-0.3, -0.25) is 10.2 Å². The number of hydrogen-bond acceptors (Lipinski definition) is 9. The monoisotopic (exact) mass is 542 g/mol. The molecule has 37 heavy (non-hydrogen) atoms. The van der Waals surface area contributed by atoms with E-state index in [-0.39, 0.29) is 26.7 Å². The number of ether oxygens (including phenoxy) is 3. The van der Waals surface area contributed by atoms with Gasteiger partial charge in [0.05, 0.1) is 31.6 Å². The first-order valence-electron chi connectivity index (χ1n) is 11.4. The van der Waals surface area contributed by atoms with E-state index in [1.54, 1.807) is 18.2 Å². The molecule has 1 amide bonds. The maximum absolute atomic E-state index is 12.6. The van der Waals surface area contributed by atoms with Crippen LogP contribution in [0.4, 0.5) is 0 Å². The zero-order valence-electron chi connectivity index (χ0n) is 20.6.